The highest BCUT2D eigenvalue weighted by atomic mass is 16.5. The summed E-state index contributed by atoms with van der Waals surface area (Å²) in [6.07, 6.45) is 0. The van der Waals surface area contributed by atoms with Crippen molar-refractivity contribution in [3.05, 3.63) is 54.1 Å². The van der Waals surface area contributed by atoms with Gasteiger partial charge in [-0.05, 0) is 24.3 Å². The summed E-state index contributed by atoms with van der Waals surface area (Å²) in [5.41, 5.74) is 2.11. The number of nitrogens with zero attached hydrogens (tertiary/aromatic N) is 2. The molecule has 0 amide bonds. The SMILES string of the molecule is N#Cc1ccc2c(Nc3ccccc3)noc2c1. The van der Waals surface area contributed by atoms with E-state index in [0.717, 1.165) is 11.1 Å². The van der Waals surface area contributed by atoms with E-state index < -0.39 is 0 Å². The van der Waals surface area contributed by atoms with Crippen molar-refractivity contribution < 1.29 is 4.52 Å². The molecule has 0 fully saturated rings. The van der Waals surface area contributed by atoms with Gasteiger partial charge in [0.25, 0.3) is 0 Å². The van der Waals surface area contributed by atoms with E-state index in [-0.39, 0.29) is 0 Å². The van der Waals surface area contributed by atoms with E-state index in [9.17, 15) is 0 Å². The van der Waals surface area contributed by atoms with Gasteiger partial charge in [-0.15, -0.1) is 0 Å². The smallest absolute Gasteiger partial charge is 0.181 e. The molecule has 2 aromatic carbocycles. The lowest BCUT2D eigenvalue weighted by molar-refractivity contribution is 0.460. The zero-order valence-corrected chi connectivity index (χ0v) is 9.42. The summed E-state index contributed by atoms with van der Waals surface area (Å²) in [6, 6.07) is 17.1. The van der Waals surface area contributed by atoms with Gasteiger partial charge in [0.15, 0.2) is 11.4 Å². The molecule has 0 unspecified atom stereocenters. The van der Waals surface area contributed by atoms with Crippen LogP contribution in [0, 0.1) is 11.3 Å². The molecule has 1 N–H and O–H groups in total. The molecule has 86 valence electrons. The fourth-order valence-corrected chi connectivity index (χ4v) is 1.76. The van der Waals surface area contributed by atoms with Gasteiger partial charge in [-0.3, -0.25) is 0 Å². The highest BCUT2D eigenvalue weighted by Crippen LogP contribution is 2.26. The first-order valence-corrected chi connectivity index (χ1v) is 5.48. The van der Waals surface area contributed by atoms with E-state index in [1.807, 2.05) is 36.4 Å². The van der Waals surface area contributed by atoms with Crippen LogP contribution in [-0.4, -0.2) is 5.16 Å². The van der Waals surface area contributed by atoms with E-state index in [4.69, 9.17) is 9.78 Å². The van der Waals surface area contributed by atoms with Gasteiger partial charge in [-0.25, -0.2) is 0 Å². The van der Waals surface area contributed by atoms with Gasteiger partial charge in [0, 0.05) is 11.8 Å². The molecule has 4 nitrogen and oxygen atoms in total. The molecule has 1 aromatic heterocycles. The summed E-state index contributed by atoms with van der Waals surface area (Å²) in [5, 5.41) is 16.8. The molecule has 1 heterocycles. The van der Waals surface area contributed by atoms with Crippen molar-refractivity contribution in [2.24, 2.45) is 0 Å². The minimum atomic E-state index is 0.560. The molecule has 0 aliphatic heterocycles. The van der Waals surface area contributed by atoms with Crippen molar-refractivity contribution in [3.8, 4) is 6.07 Å². The number of benzene rings is 2. The standard InChI is InChI=1S/C14H9N3O/c15-9-10-6-7-12-13(8-10)18-17-14(12)16-11-4-2-1-3-5-11/h1-8H,(H,16,17). The number of nitriles is 1. The minimum Gasteiger partial charge on any atom is -0.354 e. The number of hydrogen-bond donors (Lipinski definition) is 1. The fourth-order valence-electron chi connectivity index (χ4n) is 1.76. The van der Waals surface area contributed by atoms with Crippen molar-refractivity contribution >= 4 is 22.5 Å². The van der Waals surface area contributed by atoms with E-state index in [2.05, 4.69) is 16.5 Å². The third kappa shape index (κ3) is 1.78. The quantitative estimate of drug-likeness (QED) is 0.739. The Hall–Kier alpha value is -2.80. The second-order valence-corrected chi connectivity index (χ2v) is 3.84. The van der Waals surface area contributed by atoms with Gasteiger partial charge < -0.3 is 9.84 Å². The van der Waals surface area contributed by atoms with Crippen LogP contribution in [0.25, 0.3) is 11.0 Å². The van der Waals surface area contributed by atoms with E-state index in [1.54, 1.807) is 12.1 Å². The van der Waals surface area contributed by atoms with Crippen LogP contribution in [0.3, 0.4) is 0 Å². The largest absolute Gasteiger partial charge is 0.354 e. The van der Waals surface area contributed by atoms with E-state index in [1.165, 1.54) is 0 Å². The van der Waals surface area contributed by atoms with Crippen LogP contribution >= 0.6 is 0 Å². The molecule has 0 saturated carbocycles. The molecule has 0 spiro atoms. The second kappa shape index (κ2) is 4.22. The molecule has 3 aromatic rings. The Kier molecular flexibility index (Phi) is 2.43. The molecule has 18 heavy (non-hydrogen) atoms. The molecule has 0 aliphatic rings. The van der Waals surface area contributed by atoms with Crippen molar-refractivity contribution in [1.82, 2.24) is 5.16 Å². The van der Waals surface area contributed by atoms with Crippen LogP contribution in [0.4, 0.5) is 11.5 Å². The lowest BCUT2D eigenvalue weighted by Crippen LogP contribution is -1.89. The molecule has 0 aliphatic carbocycles. The topological polar surface area (TPSA) is 61.9 Å². The molecule has 0 saturated heterocycles. The van der Waals surface area contributed by atoms with Gasteiger partial charge in [0.2, 0.25) is 0 Å². The maximum absolute atomic E-state index is 8.81. The van der Waals surface area contributed by atoms with Crippen LogP contribution in [0.2, 0.25) is 0 Å². The molecular formula is C14H9N3O. The summed E-state index contributed by atoms with van der Waals surface area (Å²) in [7, 11) is 0. The number of anilines is 2. The normalized spacial score (nSPS) is 10.2. The number of hydrogen-bond acceptors (Lipinski definition) is 4. The van der Waals surface area contributed by atoms with Gasteiger partial charge >= 0.3 is 0 Å². The Balaban J connectivity index is 2.01. The Morgan fingerprint density at radius 3 is 2.72 bits per heavy atom. The van der Waals surface area contributed by atoms with Crippen LogP contribution in [0.1, 0.15) is 5.56 Å². The van der Waals surface area contributed by atoms with Gasteiger partial charge in [-0.1, -0.05) is 23.4 Å². The van der Waals surface area contributed by atoms with Gasteiger partial charge in [-0.2, -0.15) is 5.26 Å². The molecule has 3 rings (SSSR count). The maximum atomic E-state index is 8.81. The number of aromatic nitrogens is 1. The first-order chi connectivity index (χ1) is 8.86. The predicted molar refractivity (Wildman–Crippen MR) is 68.4 cm³/mol. The van der Waals surface area contributed by atoms with Crippen molar-refractivity contribution in [1.29, 1.82) is 5.26 Å². The molecule has 4 heteroatoms. The highest BCUT2D eigenvalue weighted by Gasteiger charge is 2.08. The Labute approximate surface area is 103 Å². The highest BCUT2D eigenvalue weighted by molar-refractivity contribution is 5.90. The lowest BCUT2D eigenvalue weighted by atomic mass is 10.2. The third-order valence-corrected chi connectivity index (χ3v) is 2.64. The number of fused-ring (bicyclic) bond motifs is 1. The number of nitrogens with one attached hydrogen (secondary N) is 1. The Morgan fingerprint density at radius 1 is 1.11 bits per heavy atom. The van der Waals surface area contributed by atoms with E-state index in [0.29, 0.717) is 17.0 Å². The van der Waals surface area contributed by atoms with Crippen LogP contribution in [0.15, 0.2) is 53.1 Å². The summed E-state index contributed by atoms with van der Waals surface area (Å²) in [6.45, 7) is 0. The van der Waals surface area contributed by atoms with Crippen molar-refractivity contribution in [2.75, 3.05) is 5.32 Å². The van der Waals surface area contributed by atoms with Crippen LogP contribution in [-0.2, 0) is 0 Å². The predicted octanol–water partition coefficient (Wildman–Crippen LogP) is 3.44. The summed E-state index contributed by atoms with van der Waals surface area (Å²) in [5.74, 6) is 0.653. The second-order valence-electron chi connectivity index (χ2n) is 3.84. The zero-order chi connectivity index (χ0) is 12.4. The van der Waals surface area contributed by atoms with E-state index >= 15 is 0 Å². The number of para-hydroxylation sites is 1. The third-order valence-electron chi connectivity index (χ3n) is 2.64. The summed E-state index contributed by atoms with van der Waals surface area (Å²) >= 11 is 0. The first kappa shape index (κ1) is 10.4. The Morgan fingerprint density at radius 2 is 1.94 bits per heavy atom. The maximum Gasteiger partial charge on any atom is 0.181 e. The monoisotopic (exact) mass is 235 g/mol. The zero-order valence-electron chi connectivity index (χ0n) is 9.42. The average molecular weight is 235 g/mol. The molecule has 0 bridgehead atoms. The minimum absolute atomic E-state index is 0.560. The van der Waals surface area contributed by atoms with Gasteiger partial charge in [0.05, 0.1) is 17.0 Å². The van der Waals surface area contributed by atoms with Crippen LogP contribution in [0.5, 0.6) is 0 Å². The Bertz CT molecular complexity index is 726. The number of rotatable bonds is 2. The van der Waals surface area contributed by atoms with Crippen molar-refractivity contribution in [3.63, 3.8) is 0 Å². The molecule has 0 radical (unpaired) electrons. The lowest BCUT2D eigenvalue weighted by Gasteiger charge is -2.01. The average Bonchev–Trinajstić information content (AvgIpc) is 2.82. The molecular weight excluding hydrogens is 226 g/mol. The molecule has 0 atom stereocenters. The summed E-state index contributed by atoms with van der Waals surface area (Å²) in [4.78, 5) is 0. The first-order valence-electron chi connectivity index (χ1n) is 5.48. The summed E-state index contributed by atoms with van der Waals surface area (Å²) < 4.78 is 5.20. The van der Waals surface area contributed by atoms with Gasteiger partial charge in [0.1, 0.15) is 0 Å². The van der Waals surface area contributed by atoms with Crippen molar-refractivity contribution in [2.45, 2.75) is 0 Å². The fraction of sp³-hybridized carbons (Fsp3) is 0. The van der Waals surface area contributed by atoms with Crippen LogP contribution < -0.4 is 5.32 Å².